The Morgan fingerprint density at radius 1 is 1.62 bits per heavy atom. The molecule has 1 atom stereocenters. The molecule has 1 aromatic heterocycles. The average molecular weight is 225 g/mol. The Balaban J connectivity index is 2.17. The van der Waals surface area contributed by atoms with Gasteiger partial charge in [0.1, 0.15) is 0 Å². The summed E-state index contributed by atoms with van der Waals surface area (Å²) >= 11 is 0. The third-order valence-electron chi connectivity index (χ3n) is 2.94. The molecule has 1 N–H and O–H groups in total. The Bertz CT molecular complexity index is 377. The number of aromatic nitrogens is 2. The van der Waals surface area contributed by atoms with E-state index in [1.54, 1.807) is 0 Å². The van der Waals surface area contributed by atoms with Crippen LogP contribution in [0.2, 0.25) is 0 Å². The Morgan fingerprint density at radius 3 is 3.06 bits per heavy atom. The Morgan fingerprint density at radius 2 is 2.44 bits per heavy atom. The largest absolute Gasteiger partial charge is 0.474 e. The third-order valence-corrected chi connectivity index (χ3v) is 2.94. The molecule has 0 saturated carbocycles. The lowest BCUT2D eigenvalue weighted by Gasteiger charge is -2.32. The van der Waals surface area contributed by atoms with Crippen LogP contribution in [0.25, 0.3) is 0 Å². The van der Waals surface area contributed by atoms with Crippen molar-refractivity contribution in [2.45, 2.75) is 32.2 Å². The summed E-state index contributed by atoms with van der Waals surface area (Å²) in [6.45, 7) is 4.01. The first-order chi connectivity index (χ1) is 7.72. The minimum absolute atomic E-state index is 0.107. The summed E-state index contributed by atoms with van der Waals surface area (Å²) < 4.78 is 4.68. The molecular weight excluding hydrogens is 210 g/mol. The molecule has 0 radical (unpaired) electrons. The van der Waals surface area contributed by atoms with E-state index in [1.807, 2.05) is 0 Å². The minimum Gasteiger partial charge on any atom is -0.474 e. The zero-order valence-electron chi connectivity index (χ0n) is 9.22. The van der Waals surface area contributed by atoms with Crippen molar-refractivity contribution in [1.82, 2.24) is 15.0 Å². The predicted octanol–water partition coefficient (Wildman–Crippen LogP) is 1.31. The van der Waals surface area contributed by atoms with Gasteiger partial charge >= 0.3 is 11.9 Å². The van der Waals surface area contributed by atoms with Crippen molar-refractivity contribution in [3.63, 3.8) is 0 Å². The zero-order valence-corrected chi connectivity index (χ0v) is 9.22. The number of rotatable bonds is 3. The van der Waals surface area contributed by atoms with Crippen LogP contribution < -0.4 is 0 Å². The molecule has 6 nitrogen and oxygen atoms in total. The van der Waals surface area contributed by atoms with E-state index in [1.165, 1.54) is 6.42 Å². The third kappa shape index (κ3) is 2.06. The number of hydrogen-bond donors (Lipinski definition) is 1. The molecule has 88 valence electrons. The van der Waals surface area contributed by atoms with Crippen molar-refractivity contribution in [2.75, 3.05) is 13.1 Å². The second-order valence-corrected chi connectivity index (χ2v) is 3.90. The van der Waals surface area contributed by atoms with Gasteiger partial charge in [-0.25, -0.2) is 4.79 Å². The molecule has 1 saturated heterocycles. The van der Waals surface area contributed by atoms with Crippen molar-refractivity contribution in [1.29, 1.82) is 0 Å². The van der Waals surface area contributed by atoms with E-state index in [0.29, 0.717) is 5.82 Å². The van der Waals surface area contributed by atoms with E-state index in [9.17, 15) is 4.79 Å². The van der Waals surface area contributed by atoms with Gasteiger partial charge < -0.3 is 9.63 Å². The Labute approximate surface area is 93.2 Å². The number of nitrogens with zero attached hydrogens (tertiary/aromatic N) is 3. The predicted molar refractivity (Wildman–Crippen MR) is 55.1 cm³/mol. The first-order valence-corrected chi connectivity index (χ1v) is 5.53. The fourth-order valence-electron chi connectivity index (χ4n) is 2.12. The van der Waals surface area contributed by atoms with Crippen molar-refractivity contribution < 1.29 is 14.4 Å². The number of piperidine rings is 1. The van der Waals surface area contributed by atoms with Gasteiger partial charge in [0.25, 0.3) is 0 Å². The highest BCUT2D eigenvalue weighted by Gasteiger charge is 2.27. The fourth-order valence-corrected chi connectivity index (χ4v) is 2.12. The van der Waals surface area contributed by atoms with Crippen LogP contribution in [0.15, 0.2) is 4.52 Å². The zero-order chi connectivity index (χ0) is 11.5. The van der Waals surface area contributed by atoms with Gasteiger partial charge in [-0.2, -0.15) is 4.98 Å². The van der Waals surface area contributed by atoms with Crippen LogP contribution in [0, 0.1) is 0 Å². The number of carbonyl (C=O) groups is 1. The van der Waals surface area contributed by atoms with Crippen LogP contribution in [-0.2, 0) is 0 Å². The maximum Gasteiger partial charge on any atom is 0.394 e. The molecule has 1 fully saturated rings. The Hall–Kier alpha value is -1.43. The smallest absolute Gasteiger partial charge is 0.394 e. The van der Waals surface area contributed by atoms with Crippen LogP contribution in [0.1, 0.15) is 48.7 Å². The molecule has 0 aliphatic carbocycles. The molecule has 1 aliphatic heterocycles. The SMILES string of the molecule is CCN1CCCCC1c1noc(C(=O)O)n1. The van der Waals surface area contributed by atoms with E-state index in [0.717, 1.165) is 25.9 Å². The highest BCUT2D eigenvalue weighted by Crippen LogP contribution is 2.28. The highest BCUT2D eigenvalue weighted by molar-refractivity contribution is 5.81. The molecule has 16 heavy (non-hydrogen) atoms. The van der Waals surface area contributed by atoms with Gasteiger partial charge in [0.2, 0.25) is 0 Å². The van der Waals surface area contributed by atoms with Crippen molar-refractivity contribution in [3.8, 4) is 0 Å². The number of carboxylic acid groups (broad SMARTS) is 1. The van der Waals surface area contributed by atoms with Crippen molar-refractivity contribution >= 4 is 5.97 Å². The molecule has 1 unspecified atom stereocenters. The molecule has 0 spiro atoms. The van der Waals surface area contributed by atoms with E-state index in [4.69, 9.17) is 5.11 Å². The van der Waals surface area contributed by atoms with E-state index in [2.05, 4.69) is 26.5 Å². The van der Waals surface area contributed by atoms with Gasteiger partial charge in [0.05, 0.1) is 6.04 Å². The molecule has 2 heterocycles. The lowest BCUT2D eigenvalue weighted by atomic mass is 10.0. The summed E-state index contributed by atoms with van der Waals surface area (Å²) in [7, 11) is 0. The molecule has 6 heteroatoms. The number of carboxylic acids is 1. The average Bonchev–Trinajstić information content (AvgIpc) is 2.78. The number of likely N-dealkylation sites (tertiary alicyclic amines) is 1. The van der Waals surface area contributed by atoms with Crippen LogP contribution in [0.5, 0.6) is 0 Å². The number of hydrogen-bond acceptors (Lipinski definition) is 5. The van der Waals surface area contributed by atoms with Gasteiger partial charge in [-0.05, 0) is 25.9 Å². The maximum atomic E-state index is 10.6. The standard InChI is InChI=1S/C10H15N3O3/c1-2-13-6-4-3-5-7(13)8-11-9(10(14)15)16-12-8/h7H,2-6H2,1H3,(H,14,15). The van der Waals surface area contributed by atoms with Crippen molar-refractivity contribution in [3.05, 3.63) is 11.7 Å². The molecule has 2 rings (SSSR count). The molecule has 1 aliphatic rings. The van der Waals surface area contributed by atoms with Crippen LogP contribution in [-0.4, -0.2) is 39.2 Å². The van der Waals surface area contributed by atoms with Gasteiger partial charge in [0, 0.05) is 0 Å². The van der Waals surface area contributed by atoms with Crippen LogP contribution in [0.3, 0.4) is 0 Å². The fraction of sp³-hybridized carbons (Fsp3) is 0.700. The van der Waals surface area contributed by atoms with Gasteiger partial charge in [-0.15, -0.1) is 0 Å². The quantitative estimate of drug-likeness (QED) is 0.835. The lowest BCUT2D eigenvalue weighted by Crippen LogP contribution is -2.33. The summed E-state index contributed by atoms with van der Waals surface area (Å²) in [6.07, 6.45) is 3.26. The maximum absolute atomic E-state index is 10.6. The van der Waals surface area contributed by atoms with E-state index in [-0.39, 0.29) is 11.9 Å². The van der Waals surface area contributed by atoms with Crippen molar-refractivity contribution in [2.24, 2.45) is 0 Å². The normalized spacial score (nSPS) is 22.2. The second-order valence-electron chi connectivity index (χ2n) is 3.90. The van der Waals surface area contributed by atoms with E-state index < -0.39 is 5.97 Å². The second kappa shape index (κ2) is 4.61. The monoisotopic (exact) mass is 225 g/mol. The van der Waals surface area contributed by atoms with Crippen LogP contribution in [0.4, 0.5) is 0 Å². The molecule has 0 amide bonds. The first-order valence-electron chi connectivity index (χ1n) is 5.53. The van der Waals surface area contributed by atoms with Gasteiger partial charge in [-0.3, -0.25) is 4.90 Å². The van der Waals surface area contributed by atoms with Crippen LogP contribution >= 0.6 is 0 Å². The summed E-state index contributed by atoms with van der Waals surface area (Å²) in [5.41, 5.74) is 0. The highest BCUT2D eigenvalue weighted by atomic mass is 16.5. The summed E-state index contributed by atoms with van der Waals surface area (Å²) in [6, 6.07) is 0.107. The lowest BCUT2D eigenvalue weighted by molar-refractivity contribution is 0.0643. The molecule has 0 bridgehead atoms. The van der Waals surface area contributed by atoms with Gasteiger partial charge in [0.15, 0.2) is 5.82 Å². The summed E-state index contributed by atoms with van der Waals surface area (Å²) in [4.78, 5) is 16.8. The summed E-state index contributed by atoms with van der Waals surface area (Å²) in [5.74, 6) is -0.992. The number of aromatic carboxylic acids is 1. The Kier molecular flexibility index (Phi) is 3.19. The minimum atomic E-state index is -1.17. The molecule has 0 aromatic carbocycles. The van der Waals surface area contributed by atoms with E-state index >= 15 is 0 Å². The first kappa shape index (κ1) is 11.1. The topological polar surface area (TPSA) is 79.5 Å². The molecular formula is C10H15N3O3. The van der Waals surface area contributed by atoms with Gasteiger partial charge in [-0.1, -0.05) is 18.5 Å². The molecule has 1 aromatic rings. The summed E-state index contributed by atoms with van der Waals surface area (Å²) in [5, 5.41) is 12.5.